The Morgan fingerprint density at radius 1 is 1.60 bits per heavy atom. The van der Waals surface area contributed by atoms with Crippen molar-refractivity contribution in [3.63, 3.8) is 0 Å². The minimum absolute atomic E-state index is 0.0705. The summed E-state index contributed by atoms with van der Waals surface area (Å²) in [6, 6.07) is -0.570. The van der Waals surface area contributed by atoms with Crippen molar-refractivity contribution < 1.29 is 14.3 Å². The van der Waals surface area contributed by atoms with Crippen LogP contribution in [0.25, 0.3) is 0 Å². The number of nitrogens with two attached hydrogens (primary N) is 1. The number of carbonyl (C=O) groups excluding carboxylic acids is 1. The molecule has 0 aromatic carbocycles. The maximum atomic E-state index is 11.5. The van der Waals surface area contributed by atoms with Crippen LogP contribution >= 0.6 is 0 Å². The van der Waals surface area contributed by atoms with Gasteiger partial charge in [0.15, 0.2) is 0 Å². The number of rotatable bonds is 3. The molecule has 1 aliphatic rings. The van der Waals surface area contributed by atoms with E-state index in [0.29, 0.717) is 6.61 Å². The first-order valence-corrected chi connectivity index (χ1v) is 5.45. The Labute approximate surface area is 91.1 Å². The van der Waals surface area contributed by atoms with Crippen molar-refractivity contribution in [3.8, 4) is 0 Å². The topological polar surface area (TPSA) is 61.6 Å². The van der Waals surface area contributed by atoms with E-state index >= 15 is 0 Å². The fraction of sp³-hybridized carbons (Fsp3) is 0.909. The smallest absolute Gasteiger partial charge is 0.323 e. The fourth-order valence-electron chi connectivity index (χ4n) is 1.39. The Balaban J connectivity index is 2.29. The minimum atomic E-state index is -0.570. The van der Waals surface area contributed by atoms with E-state index in [-0.39, 0.29) is 17.5 Å². The molecule has 0 aromatic heterocycles. The highest BCUT2D eigenvalue weighted by atomic mass is 16.6. The van der Waals surface area contributed by atoms with Crippen molar-refractivity contribution in [2.75, 3.05) is 13.2 Å². The summed E-state index contributed by atoms with van der Waals surface area (Å²) in [5, 5.41) is 0. The molecule has 4 heteroatoms. The second kappa shape index (κ2) is 4.94. The van der Waals surface area contributed by atoms with Crippen molar-refractivity contribution in [1.82, 2.24) is 0 Å². The van der Waals surface area contributed by atoms with Gasteiger partial charge in [0.1, 0.15) is 12.6 Å². The zero-order valence-electron chi connectivity index (χ0n) is 9.79. The molecule has 15 heavy (non-hydrogen) atoms. The molecule has 1 fully saturated rings. The molecule has 1 saturated heterocycles. The van der Waals surface area contributed by atoms with Gasteiger partial charge in [0.25, 0.3) is 0 Å². The zero-order valence-corrected chi connectivity index (χ0v) is 9.79. The van der Waals surface area contributed by atoms with Crippen LogP contribution in [0.1, 0.15) is 33.6 Å². The molecule has 0 aromatic rings. The summed E-state index contributed by atoms with van der Waals surface area (Å²) in [4.78, 5) is 11.5. The molecule has 0 spiro atoms. The third-order valence-electron chi connectivity index (χ3n) is 2.62. The van der Waals surface area contributed by atoms with E-state index in [1.165, 1.54) is 0 Å². The summed E-state index contributed by atoms with van der Waals surface area (Å²) in [6.07, 6.45) is 2.09. The average molecular weight is 215 g/mol. The lowest BCUT2D eigenvalue weighted by Gasteiger charge is -2.25. The fourth-order valence-corrected chi connectivity index (χ4v) is 1.39. The van der Waals surface area contributed by atoms with Gasteiger partial charge in [-0.3, -0.25) is 4.79 Å². The van der Waals surface area contributed by atoms with Crippen LogP contribution < -0.4 is 5.73 Å². The Kier molecular flexibility index (Phi) is 4.11. The summed E-state index contributed by atoms with van der Waals surface area (Å²) in [5.41, 5.74) is 5.51. The van der Waals surface area contributed by atoms with Crippen LogP contribution in [0.15, 0.2) is 0 Å². The highest BCUT2D eigenvalue weighted by Gasteiger charge is 2.29. The van der Waals surface area contributed by atoms with Crippen LogP contribution in [0.5, 0.6) is 0 Å². The van der Waals surface area contributed by atoms with Crippen molar-refractivity contribution in [3.05, 3.63) is 0 Å². The van der Waals surface area contributed by atoms with Gasteiger partial charge in [-0.05, 0) is 18.3 Å². The van der Waals surface area contributed by atoms with Gasteiger partial charge in [0, 0.05) is 6.61 Å². The normalized spacial score (nSPS) is 23.9. The van der Waals surface area contributed by atoms with E-state index in [4.69, 9.17) is 15.2 Å². The van der Waals surface area contributed by atoms with E-state index in [2.05, 4.69) is 0 Å². The molecule has 1 rings (SSSR count). The molecule has 0 amide bonds. The Bertz CT molecular complexity index is 216. The van der Waals surface area contributed by atoms with Crippen LogP contribution in [0, 0.1) is 5.41 Å². The number of esters is 1. The van der Waals surface area contributed by atoms with Gasteiger partial charge in [-0.1, -0.05) is 20.8 Å². The minimum Gasteiger partial charge on any atom is -0.462 e. The average Bonchev–Trinajstić information content (AvgIpc) is 2.63. The maximum absolute atomic E-state index is 11.5. The van der Waals surface area contributed by atoms with Crippen molar-refractivity contribution >= 4 is 5.97 Å². The highest BCUT2D eigenvalue weighted by molar-refractivity contribution is 5.76. The Morgan fingerprint density at radius 3 is 2.73 bits per heavy atom. The third kappa shape index (κ3) is 3.80. The highest BCUT2D eigenvalue weighted by Crippen LogP contribution is 2.19. The Hall–Kier alpha value is -0.610. The predicted octanol–water partition coefficient (Wildman–Crippen LogP) is 1.08. The SMILES string of the molecule is CC(C)(C)[C@@H](N)C(=O)OCC1CCCO1. The third-order valence-corrected chi connectivity index (χ3v) is 2.62. The molecule has 4 nitrogen and oxygen atoms in total. The lowest BCUT2D eigenvalue weighted by molar-refractivity contribution is -0.151. The van der Waals surface area contributed by atoms with E-state index in [1.807, 2.05) is 20.8 Å². The number of hydrogen-bond donors (Lipinski definition) is 1. The van der Waals surface area contributed by atoms with Crippen LogP contribution in [0.3, 0.4) is 0 Å². The molecule has 1 heterocycles. The molecule has 2 atom stereocenters. The van der Waals surface area contributed by atoms with Gasteiger partial charge in [-0.15, -0.1) is 0 Å². The van der Waals surface area contributed by atoms with Crippen LogP contribution in [0.2, 0.25) is 0 Å². The van der Waals surface area contributed by atoms with Crippen LogP contribution in [-0.4, -0.2) is 31.3 Å². The van der Waals surface area contributed by atoms with Gasteiger partial charge in [-0.25, -0.2) is 0 Å². The molecular weight excluding hydrogens is 194 g/mol. The second-order valence-electron chi connectivity index (χ2n) is 5.11. The van der Waals surface area contributed by atoms with Gasteiger partial charge < -0.3 is 15.2 Å². The van der Waals surface area contributed by atoms with Crippen LogP contribution in [0.4, 0.5) is 0 Å². The maximum Gasteiger partial charge on any atom is 0.323 e. The molecule has 0 radical (unpaired) electrons. The van der Waals surface area contributed by atoms with Crippen molar-refractivity contribution in [2.24, 2.45) is 11.1 Å². The lowest BCUT2D eigenvalue weighted by Crippen LogP contribution is -2.44. The number of carbonyl (C=O) groups is 1. The summed E-state index contributed by atoms with van der Waals surface area (Å²) in [7, 11) is 0. The molecule has 2 N–H and O–H groups in total. The molecule has 0 saturated carbocycles. The van der Waals surface area contributed by atoms with Gasteiger partial charge in [0.05, 0.1) is 6.10 Å². The van der Waals surface area contributed by atoms with E-state index < -0.39 is 6.04 Å². The number of ether oxygens (including phenoxy) is 2. The number of hydrogen-bond acceptors (Lipinski definition) is 4. The molecule has 0 aliphatic carbocycles. The molecular formula is C11H21NO3. The lowest BCUT2D eigenvalue weighted by atomic mass is 9.87. The van der Waals surface area contributed by atoms with E-state index in [0.717, 1.165) is 19.4 Å². The second-order valence-corrected chi connectivity index (χ2v) is 5.11. The van der Waals surface area contributed by atoms with E-state index in [1.54, 1.807) is 0 Å². The summed E-state index contributed by atoms with van der Waals surface area (Å²) < 4.78 is 10.5. The van der Waals surface area contributed by atoms with Gasteiger partial charge >= 0.3 is 5.97 Å². The summed E-state index contributed by atoms with van der Waals surface area (Å²) >= 11 is 0. The van der Waals surface area contributed by atoms with Crippen LogP contribution in [-0.2, 0) is 14.3 Å². The quantitative estimate of drug-likeness (QED) is 0.716. The summed E-state index contributed by atoms with van der Waals surface area (Å²) in [5.74, 6) is -0.335. The molecule has 0 bridgehead atoms. The standard InChI is InChI=1S/C11H21NO3/c1-11(2,3)9(12)10(13)15-7-8-5-4-6-14-8/h8-9H,4-7,12H2,1-3H3/t8?,9-/m0/s1. The van der Waals surface area contributed by atoms with Gasteiger partial charge in [0.2, 0.25) is 0 Å². The molecule has 1 aliphatic heterocycles. The first kappa shape index (κ1) is 12.5. The molecule has 88 valence electrons. The van der Waals surface area contributed by atoms with Gasteiger partial charge in [-0.2, -0.15) is 0 Å². The van der Waals surface area contributed by atoms with Crippen molar-refractivity contribution in [2.45, 2.75) is 45.8 Å². The largest absolute Gasteiger partial charge is 0.462 e. The zero-order chi connectivity index (χ0) is 11.5. The first-order chi connectivity index (χ1) is 6.91. The summed E-state index contributed by atoms with van der Waals surface area (Å²) in [6.45, 7) is 6.87. The predicted molar refractivity (Wildman–Crippen MR) is 57.4 cm³/mol. The monoisotopic (exact) mass is 215 g/mol. The molecule has 1 unspecified atom stereocenters. The Morgan fingerprint density at radius 2 is 2.27 bits per heavy atom. The van der Waals surface area contributed by atoms with E-state index in [9.17, 15) is 4.79 Å². The first-order valence-electron chi connectivity index (χ1n) is 5.45. The van der Waals surface area contributed by atoms with Crippen molar-refractivity contribution in [1.29, 1.82) is 0 Å².